The molecule has 0 saturated carbocycles. The van der Waals surface area contributed by atoms with Crippen LogP contribution in [0.2, 0.25) is 0 Å². The van der Waals surface area contributed by atoms with Crippen LogP contribution in [-0.4, -0.2) is 12.1 Å². The molecule has 0 aromatic carbocycles. The molecule has 98 valence electrons. The lowest BCUT2D eigenvalue weighted by atomic mass is 10.1. The largest absolute Gasteiger partial charge is 0.368 e. The maximum atomic E-state index is 6.17. The summed E-state index contributed by atoms with van der Waals surface area (Å²) in [7, 11) is 0. The standard InChI is InChI=1S/C13H22BrNOS/c1-4-6-9(3)16-13(11(15)5-2)12-7-10(14)8-17-12/h7-9,11,13H,4-6,15H2,1-3H3. The van der Waals surface area contributed by atoms with Crippen LogP contribution in [0.4, 0.5) is 0 Å². The highest BCUT2D eigenvalue weighted by Gasteiger charge is 2.23. The molecule has 0 radical (unpaired) electrons. The van der Waals surface area contributed by atoms with Crippen LogP contribution in [0.5, 0.6) is 0 Å². The molecule has 17 heavy (non-hydrogen) atoms. The van der Waals surface area contributed by atoms with E-state index in [0.29, 0.717) is 0 Å². The lowest BCUT2D eigenvalue weighted by Gasteiger charge is -2.26. The molecule has 1 heterocycles. The molecule has 0 saturated heterocycles. The van der Waals surface area contributed by atoms with Crippen LogP contribution in [0.1, 0.15) is 51.0 Å². The van der Waals surface area contributed by atoms with Crippen molar-refractivity contribution in [3.63, 3.8) is 0 Å². The monoisotopic (exact) mass is 319 g/mol. The summed E-state index contributed by atoms with van der Waals surface area (Å²) in [5.74, 6) is 0. The average molecular weight is 320 g/mol. The Hall–Kier alpha value is 0.1000. The number of ether oxygens (including phenoxy) is 1. The Kier molecular flexibility index (Phi) is 6.70. The van der Waals surface area contributed by atoms with Gasteiger partial charge in [-0.1, -0.05) is 20.3 Å². The number of halogens is 1. The van der Waals surface area contributed by atoms with Crippen LogP contribution in [0.3, 0.4) is 0 Å². The predicted octanol–water partition coefficient (Wildman–Crippen LogP) is 4.49. The van der Waals surface area contributed by atoms with Crippen LogP contribution >= 0.6 is 27.3 Å². The highest BCUT2D eigenvalue weighted by molar-refractivity contribution is 9.10. The van der Waals surface area contributed by atoms with Crippen LogP contribution in [-0.2, 0) is 4.74 Å². The summed E-state index contributed by atoms with van der Waals surface area (Å²) in [6.07, 6.45) is 3.45. The maximum Gasteiger partial charge on any atom is 0.107 e. The zero-order valence-corrected chi connectivity index (χ0v) is 13.2. The smallest absolute Gasteiger partial charge is 0.107 e. The average Bonchev–Trinajstić information content (AvgIpc) is 2.72. The first-order valence-electron chi connectivity index (χ1n) is 6.23. The zero-order valence-electron chi connectivity index (χ0n) is 10.8. The van der Waals surface area contributed by atoms with Gasteiger partial charge in [0.15, 0.2) is 0 Å². The van der Waals surface area contributed by atoms with Crippen molar-refractivity contribution < 1.29 is 4.74 Å². The summed E-state index contributed by atoms with van der Waals surface area (Å²) in [4.78, 5) is 1.22. The molecular weight excluding hydrogens is 298 g/mol. The van der Waals surface area contributed by atoms with Gasteiger partial charge >= 0.3 is 0 Å². The quantitative estimate of drug-likeness (QED) is 0.803. The number of thiophene rings is 1. The van der Waals surface area contributed by atoms with E-state index in [1.54, 1.807) is 11.3 Å². The second kappa shape index (κ2) is 7.52. The lowest BCUT2D eigenvalue weighted by molar-refractivity contribution is -0.0203. The molecule has 3 atom stereocenters. The molecule has 0 fully saturated rings. The summed E-state index contributed by atoms with van der Waals surface area (Å²) < 4.78 is 7.22. The third-order valence-electron chi connectivity index (χ3n) is 2.80. The number of nitrogens with two attached hydrogens (primary N) is 1. The van der Waals surface area contributed by atoms with Crippen molar-refractivity contribution in [1.29, 1.82) is 0 Å². The third kappa shape index (κ3) is 4.70. The molecule has 2 nitrogen and oxygen atoms in total. The molecule has 0 aliphatic heterocycles. The van der Waals surface area contributed by atoms with E-state index in [1.165, 1.54) is 4.88 Å². The topological polar surface area (TPSA) is 35.2 Å². The van der Waals surface area contributed by atoms with Crippen molar-refractivity contribution in [2.45, 2.75) is 58.3 Å². The Morgan fingerprint density at radius 1 is 1.47 bits per heavy atom. The Balaban J connectivity index is 2.74. The van der Waals surface area contributed by atoms with Gasteiger partial charge in [-0.05, 0) is 41.8 Å². The van der Waals surface area contributed by atoms with Gasteiger partial charge < -0.3 is 10.5 Å². The van der Waals surface area contributed by atoms with Gasteiger partial charge in [-0.2, -0.15) is 0 Å². The van der Waals surface area contributed by atoms with Crippen LogP contribution in [0.25, 0.3) is 0 Å². The molecule has 0 aliphatic carbocycles. The van der Waals surface area contributed by atoms with Gasteiger partial charge in [0.1, 0.15) is 6.10 Å². The normalized spacial score (nSPS) is 16.8. The third-order valence-corrected chi connectivity index (χ3v) is 4.56. The summed E-state index contributed by atoms with van der Waals surface area (Å²) in [6, 6.07) is 2.18. The Morgan fingerprint density at radius 3 is 2.65 bits per heavy atom. The fourth-order valence-electron chi connectivity index (χ4n) is 1.80. The summed E-state index contributed by atoms with van der Waals surface area (Å²) in [5.41, 5.74) is 6.17. The maximum absolute atomic E-state index is 6.17. The SMILES string of the molecule is CCCC(C)OC(c1cc(Br)cs1)C(N)CC. The predicted molar refractivity (Wildman–Crippen MR) is 78.5 cm³/mol. The first-order valence-corrected chi connectivity index (χ1v) is 7.90. The van der Waals surface area contributed by atoms with Gasteiger partial charge in [0, 0.05) is 20.8 Å². The van der Waals surface area contributed by atoms with Crippen LogP contribution < -0.4 is 5.73 Å². The number of hydrogen-bond acceptors (Lipinski definition) is 3. The minimum Gasteiger partial charge on any atom is -0.368 e. The van der Waals surface area contributed by atoms with E-state index in [9.17, 15) is 0 Å². The minimum atomic E-state index is 0.0258. The van der Waals surface area contributed by atoms with Gasteiger partial charge in [0.2, 0.25) is 0 Å². The molecule has 1 aromatic heterocycles. The summed E-state index contributed by atoms with van der Waals surface area (Å²) in [5, 5.41) is 2.08. The van der Waals surface area contributed by atoms with E-state index < -0.39 is 0 Å². The van der Waals surface area contributed by atoms with Crippen molar-refractivity contribution in [1.82, 2.24) is 0 Å². The van der Waals surface area contributed by atoms with Gasteiger partial charge in [-0.3, -0.25) is 0 Å². The highest BCUT2D eigenvalue weighted by Crippen LogP contribution is 2.31. The molecule has 1 rings (SSSR count). The van der Waals surface area contributed by atoms with Crippen molar-refractivity contribution in [3.8, 4) is 0 Å². The van der Waals surface area contributed by atoms with E-state index >= 15 is 0 Å². The molecule has 1 aromatic rings. The van der Waals surface area contributed by atoms with E-state index in [0.717, 1.165) is 23.7 Å². The number of rotatable bonds is 7. The fourth-order valence-corrected chi connectivity index (χ4v) is 3.35. The molecular formula is C13H22BrNOS. The fraction of sp³-hybridized carbons (Fsp3) is 0.692. The first-order chi connectivity index (χ1) is 8.08. The second-order valence-corrected chi connectivity index (χ2v) is 6.25. The summed E-state index contributed by atoms with van der Waals surface area (Å²) in [6.45, 7) is 6.41. The molecule has 0 amide bonds. The Labute approximate surface area is 117 Å². The molecule has 4 heteroatoms. The molecule has 3 unspecified atom stereocenters. The number of hydrogen-bond donors (Lipinski definition) is 1. The first kappa shape index (κ1) is 15.2. The van der Waals surface area contributed by atoms with E-state index in [2.05, 4.69) is 48.1 Å². The Bertz CT molecular complexity index is 329. The molecule has 0 spiro atoms. The Morgan fingerprint density at radius 2 is 2.18 bits per heavy atom. The zero-order chi connectivity index (χ0) is 12.8. The summed E-state index contributed by atoms with van der Waals surface area (Å²) >= 11 is 5.19. The van der Waals surface area contributed by atoms with Crippen molar-refractivity contribution in [3.05, 3.63) is 20.8 Å². The molecule has 0 aliphatic rings. The second-order valence-electron chi connectivity index (χ2n) is 4.40. The van der Waals surface area contributed by atoms with Gasteiger partial charge in [-0.15, -0.1) is 11.3 Å². The minimum absolute atomic E-state index is 0.0258. The van der Waals surface area contributed by atoms with Gasteiger partial charge in [-0.25, -0.2) is 0 Å². The van der Waals surface area contributed by atoms with E-state index in [4.69, 9.17) is 10.5 Å². The van der Waals surface area contributed by atoms with Crippen LogP contribution in [0, 0.1) is 0 Å². The highest BCUT2D eigenvalue weighted by atomic mass is 79.9. The van der Waals surface area contributed by atoms with Crippen molar-refractivity contribution in [2.24, 2.45) is 5.73 Å². The van der Waals surface area contributed by atoms with Crippen LogP contribution in [0.15, 0.2) is 15.9 Å². The molecule has 0 bridgehead atoms. The molecule has 2 N–H and O–H groups in total. The van der Waals surface area contributed by atoms with Gasteiger partial charge in [0.05, 0.1) is 6.10 Å². The van der Waals surface area contributed by atoms with E-state index in [-0.39, 0.29) is 18.2 Å². The lowest BCUT2D eigenvalue weighted by Crippen LogP contribution is -2.31. The van der Waals surface area contributed by atoms with E-state index in [1.807, 2.05) is 0 Å². The van der Waals surface area contributed by atoms with Crippen molar-refractivity contribution in [2.75, 3.05) is 0 Å². The van der Waals surface area contributed by atoms with Gasteiger partial charge in [0.25, 0.3) is 0 Å². The van der Waals surface area contributed by atoms with Crippen molar-refractivity contribution >= 4 is 27.3 Å².